The highest BCUT2D eigenvalue weighted by atomic mass is 19.4. The van der Waals surface area contributed by atoms with E-state index in [-0.39, 0.29) is 12.0 Å². The van der Waals surface area contributed by atoms with Gasteiger partial charge in [0.05, 0.1) is 0 Å². The first-order valence-corrected chi connectivity index (χ1v) is 6.19. The average Bonchev–Trinajstić information content (AvgIpc) is 2.13. The number of rotatable bonds is 6. The highest BCUT2D eigenvalue weighted by Gasteiger charge is 2.47. The van der Waals surface area contributed by atoms with Gasteiger partial charge < -0.3 is 5.73 Å². The summed E-state index contributed by atoms with van der Waals surface area (Å²) in [6.45, 7) is 9.50. The van der Waals surface area contributed by atoms with Crippen molar-refractivity contribution in [1.29, 1.82) is 0 Å². The molecule has 2 nitrogen and oxygen atoms in total. The molecule has 0 bridgehead atoms. The molecule has 0 rings (SSSR count). The molecule has 0 saturated carbocycles. The molecule has 0 aromatic rings. The van der Waals surface area contributed by atoms with Crippen molar-refractivity contribution in [2.45, 2.75) is 65.3 Å². The Morgan fingerprint density at radius 2 is 1.59 bits per heavy atom. The summed E-state index contributed by atoms with van der Waals surface area (Å²) in [6.07, 6.45) is -3.94. The maximum Gasteiger partial charge on any atom is 0.405 e. The number of hydrogen-bond donors (Lipinski definition) is 1. The molecular weight excluding hydrogens is 229 g/mol. The quantitative estimate of drug-likeness (QED) is 0.789. The maximum atomic E-state index is 13.1. The zero-order valence-corrected chi connectivity index (χ0v) is 11.4. The Balaban J connectivity index is 5.08. The van der Waals surface area contributed by atoms with E-state index in [0.717, 1.165) is 0 Å². The molecular formula is C12H25F3N2. The lowest BCUT2D eigenvalue weighted by atomic mass is 10.0. The van der Waals surface area contributed by atoms with Crippen LogP contribution in [-0.4, -0.2) is 35.7 Å². The molecule has 0 aromatic carbocycles. The molecule has 0 aromatic heterocycles. The van der Waals surface area contributed by atoms with E-state index in [9.17, 15) is 13.2 Å². The summed E-state index contributed by atoms with van der Waals surface area (Å²) < 4.78 is 39.3. The van der Waals surface area contributed by atoms with Gasteiger partial charge in [-0.1, -0.05) is 20.8 Å². The Morgan fingerprint density at radius 3 is 1.82 bits per heavy atom. The van der Waals surface area contributed by atoms with Crippen molar-refractivity contribution >= 4 is 0 Å². The Bertz CT molecular complexity index is 214. The predicted octanol–water partition coefficient (Wildman–Crippen LogP) is 3.02. The van der Waals surface area contributed by atoms with Gasteiger partial charge in [0, 0.05) is 18.6 Å². The van der Waals surface area contributed by atoms with Gasteiger partial charge in [0.25, 0.3) is 0 Å². The monoisotopic (exact) mass is 254 g/mol. The first-order valence-electron chi connectivity index (χ1n) is 6.19. The summed E-state index contributed by atoms with van der Waals surface area (Å²) in [7, 11) is 0. The molecule has 2 N–H and O–H groups in total. The summed E-state index contributed by atoms with van der Waals surface area (Å²) in [5, 5.41) is 0. The summed E-state index contributed by atoms with van der Waals surface area (Å²) in [5.41, 5.74) is 5.66. The van der Waals surface area contributed by atoms with Gasteiger partial charge >= 0.3 is 6.18 Å². The Morgan fingerprint density at radius 1 is 1.12 bits per heavy atom. The molecule has 0 aliphatic carbocycles. The fourth-order valence-electron chi connectivity index (χ4n) is 1.97. The van der Waals surface area contributed by atoms with Gasteiger partial charge in [-0.15, -0.1) is 0 Å². The van der Waals surface area contributed by atoms with E-state index in [1.807, 2.05) is 13.8 Å². The molecule has 0 aliphatic heterocycles. The number of nitrogens with two attached hydrogens (primary N) is 1. The van der Waals surface area contributed by atoms with E-state index in [4.69, 9.17) is 5.73 Å². The van der Waals surface area contributed by atoms with E-state index in [0.29, 0.717) is 13.0 Å². The number of halogens is 3. The third kappa shape index (κ3) is 5.25. The molecule has 17 heavy (non-hydrogen) atoms. The fraction of sp³-hybridized carbons (Fsp3) is 1.00. The molecule has 2 unspecified atom stereocenters. The lowest BCUT2D eigenvalue weighted by Gasteiger charge is -2.40. The van der Waals surface area contributed by atoms with Gasteiger partial charge in [0.2, 0.25) is 0 Å². The van der Waals surface area contributed by atoms with Crippen LogP contribution in [0.4, 0.5) is 13.2 Å². The van der Waals surface area contributed by atoms with Gasteiger partial charge in [0.15, 0.2) is 0 Å². The second-order valence-corrected chi connectivity index (χ2v) is 5.24. The molecule has 2 atom stereocenters. The summed E-state index contributed by atoms with van der Waals surface area (Å²) in [6, 6.07) is -2.58. The Kier molecular flexibility index (Phi) is 6.48. The van der Waals surface area contributed by atoms with Crippen molar-refractivity contribution in [2.75, 3.05) is 6.54 Å². The normalized spacial score (nSPS) is 16.9. The Labute approximate surface area is 102 Å². The van der Waals surface area contributed by atoms with Crippen LogP contribution in [0, 0.1) is 5.92 Å². The van der Waals surface area contributed by atoms with Gasteiger partial charge in [0.1, 0.15) is 6.04 Å². The number of nitrogens with zero attached hydrogens (tertiary/aromatic N) is 1. The van der Waals surface area contributed by atoms with Crippen LogP contribution >= 0.6 is 0 Å². The second kappa shape index (κ2) is 6.59. The van der Waals surface area contributed by atoms with Crippen LogP contribution in [0.15, 0.2) is 0 Å². The Hall–Kier alpha value is -0.290. The highest BCUT2D eigenvalue weighted by Crippen LogP contribution is 2.29. The highest BCUT2D eigenvalue weighted by molar-refractivity contribution is 4.89. The lowest BCUT2D eigenvalue weighted by Crippen LogP contribution is -2.58. The molecule has 0 heterocycles. The molecule has 0 fully saturated rings. The molecule has 5 heteroatoms. The van der Waals surface area contributed by atoms with E-state index in [1.165, 1.54) is 4.90 Å². The van der Waals surface area contributed by atoms with Gasteiger partial charge in [-0.2, -0.15) is 13.2 Å². The van der Waals surface area contributed by atoms with E-state index in [2.05, 4.69) is 0 Å². The predicted molar refractivity (Wildman–Crippen MR) is 64.8 cm³/mol. The molecule has 0 spiro atoms. The molecule has 0 saturated heterocycles. The van der Waals surface area contributed by atoms with E-state index in [1.54, 1.807) is 20.8 Å². The van der Waals surface area contributed by atoms with Crippen molar-refractivity contribution in [2.24, 2.45) is 11.7 Å². The van der Waals surface area contributed by atoms with E-state index >= 15 is 0 Å². The van der Waals surface area contributed by atoms with Crippen molar-refractivity contribution in [1.82, 2.24) is 4.90 Å². The van der Waals surface area contributed by atoms with Gasteiger partial charge in [-0.25, -0.2) is 0 Å². The first-order chi connectivity index (χ1) is 7.61. The van der Waals surface area contributed by atoms with Crippen molar-refractivity contribution in [3.63, 3.8) is 0 Å². The van der Waals surface area contributed by atoms with Gasteiger partial charge in [-0.05, 0) is 26.2 Å². The van der Waals surface area contributed by atoms with Crippen LogP contribution in [-0.2, 0) is 0 Å². The summed E-state index contributed by atoms with van der Waals surface area (Å²) in [4.78, 5) is 1.47. The smallest absolute Gasteiger partial charge is 0.326 e. The van der Waals surface area contributed by atoms with Crippen LogP contribution < -0.4 is 5.73 Å². The second-order valence-electron chi connectivity index (χ2n) is 5.24. The lowest BCUT2D eigenvalue weighted by molar-refractivity contribution is -0.195. The van der Waals surface area contributed by atoms with Crippen molar-refractivity contribution in [3.8, 4) is 0 Å². The molecule has 0 radical (unpaired) electrons. The van der Waals surface area contributed by atoms with Crippen molar-refractivity contribution < 1.29 is 13.2 Å². The van der Waals surface area contributed by atoms with E-state index < -0.39 is 18.3 Å². The maximum absolute atomic E-state index is 13.1. The first kappa shape index (κ1) is 16.7. The zero-order chi connectivity index (χ0) is 13.8. The van der Waals surface area contributed by atoms with Crippen LogP contribution in [0.2, 0.25) is 0 Å². The minimum atomic E-state index is -4.27. The van der Waals surface area contributed by atoms with Crippen LogP contribution in [0.25, 0.3) is 0 Å². The molecule has 0 aliphatic rings. The minimum absolute atomic E-state index is 0.165. The SMILES string of the molecule is CCC(N)C(N(CC(C)C)C(C)C)C(F)(F)F. The van der Waals surface area contributed by atoms with Gasteiger partial charge in [-0.3, -0.25) is 4.90 Å². The topological polar surface area (TPSA) is 29.3 Å². The summed E-state index contributed by atoms with van der Waals surface area (Å²) in [5.74, 6) is 0.186. The van der Waals surface area contributed by atoms with Crippen molar-refractivity contribution in [3.05, 3.63) is 0 Å². The fourth-order valence-corrected chi connectivity index (χ4v) is 1.97. The van der Waals surface area contributed by atoms with Crippen LogP contribution in [0.3, 0.4) is 0 Å². The largest absolute Gasteiger partial charge is 0.405 e. The minimum Gasteiger partial charge on any atom is -0.326 e. The standard InChI is InChI=1S/C12H25F3N2/c1-6-10(16)11(12(13,14)15)17(9(4)5)7-8(2)3/h8-11H,6-7,16H2,1-5H3. The third-order valence-electron chi connectivity index (χ3n) is 2.81. The third-order valence-corrected chi connectivity index (χ3v) is 2.81. The average molecular weight is 254 g/mol. The number of alkyl halides is 3. The summed E-state index contributed by atoms with van der Waals surface area (Å²) >= 11 is 0. The number of hydrogen-bond acceptors (Lipinski definition) is 2. The van der Waals surface area contributed by atoms with Crippen LogP contribution in [0.1, 0.15) is 41.0 Å². The zero-order valence-electron chi connectivity index (χ0n) is 11.4. The molecule has 0 amide bonds. The molecule has 104 valence electrons. The van der Waals surface area contributed by atoms with Crippen LogP contribution in [0.5, 0.6) is 0 Å².